The fourth-order valence-corrected chi connectivity index (χ4v) is 5.74. The topological polar surface area (TPSA) is 102 Å². The predicted molar refractivity (Wildman–Crippen MR) is 130 cm³/mol. The van der Waals surface area contributed by atoms with E-state index in [1.54, 1.807) is 11.0 Å². The maximum absolute atomic E-state index is 13.1. The van der Waals surface area contributed by atoms with E-state index >= 15 is 0 Å². The Balaban J connectivity index is 1.41. The van der Waals surface area contributed by atoms with Gasteiger partial charge in [0.15, 0.2) is 6.61 Å². The number of carbonyl (C=O) groups is 2. The van der Waals surface area contributed by atoms with Gasteiger partial charge < -0.3 is 19.1 Å². The molecule has 4 rings (SSSR count). The highest BCUT2D eigenvalue weighted by molar-refractivity contribution is 7.89. The van der Waals surface area contributed by atoms with Gasteiger partial charge in [0, 0.05) is 31.4 Å². The highest BCUT2D eigenvalue weighted by Crippen LogP contribution is 2.29. The lowest BCUT2D eigenvalue weighted by Crippen LogP contribution is -2.40. The van der Waals surface area contributed by atoms with E-state index in [9.17, 15) is 18.0 Å². The molecule has 0 N–H and O–H groups in total. The Kier molecular flexibility index (Phi) is 7.84. The third-order valence-corrected chi connectivity index (χ3v) is 7.86. The Morgan fingerprint density at radius 1 is 1.09 bits per heavy atom. The summed E-state index contributed by atoms with van der Waals surface area (Å²) in [7, 11) is -2.40. The van der Waals surface area contributed by atoms with Gasteiger partial charge in [0.05, 0.1) is 20.3 Å². The highest BCUT2D eigenvalue weighted by atomic mass is 32.2. The number of para-hydroxylation sites is 1. The third kappa shape index (κ3) is 5.72. The second-order valence-electron chi connectivity index (χ2n) is 8.15. The highest BCUT2D eigenvalue weighted by Gasteiger charge is 2.29. The minimum absolute atomic E-state index is 0.0105. The summed E-state index contributed by atoms with van der Waals surface area (Å²) in [4.78, 5) is 26.6. The number of nitrogens with zero attached hydrogens (tertiary/aromatic N) is 2. The summed E-state index contributed by atoms with van der Waals surface area (Å²) in [6, 6.07) is 12.3. The molecular formula is C25H28N2O7S. The molecule has 2 aromatic carbocycles. The molecule has 0 bridgehead atoms. The number of morpholine rings is 1. The number of methoxy groups -OCH3 is 1. The van der Waals surface area contributed by atoms with E-state index in [-0.39, 0.29) is 36.2 Å². The number of ether oxygens (including phenoxy) is 3. The zero-order valence-electron chi connectivity index (χ0n) is 19.5. The molecule has 186 valence electrons. The van der Waals surface area contributed by atoms with Crippen LogP contribution in [0.3, 0.4) is 0 Å². The lowest BCUT2D eigenvalue weighted by Gasteiger charge is -2.29. The molecule has 2 heterocycles. The fourth-order valence-electron chi connectivity index (χ4n) is 4.14. The molecule has 0 unspecified atom stereocenters. The number of sulfonamides is 1. The molecule has 0 saturated carbocycles. The molecule has 1 saturated heterocycles. The molecule has 0 spiro atoms. The fraction of sp³-hybridized carbons (Fsp3) is 0.360. The number of rotatable bonds is 7. The average Bonchev–Trinajstić information content (AvgIpc) is 2.90. The van der Waals surface area contributed by atoms with Gasteiger partial charge in [-0.3, -0.25) is 4.79 Å². The molecule has 0 atom stereocenters. The van der Waals surface area contributed by atoms with E-state index in [0.29, 0.717) is 25.3 Å². The van der Waals surface area contributed by atoms with E-state index in [2.05, 4.69) is 0 Å². The van der Waals surface area contributed by atoms with Gasteiger partial charge in [-0.25, -0.2) is 13.2 Å². The van der Waals surface area contributed by atoms with Gasteiger partial charge in [0.2, 0.25) is 10.0 Å². The molecular weight excluding hydrogens is 472 g/mol. The van der Waals surface area contributed by atoms with Gasteiger partial charge in [0.1, 0.15) is 10.6 Å². The molecule has 10 heteroatoms. The van der Waals surface area contributed by atoms with Gasteiger partial charge >= 0.3 is 5.97 Å². The average molecular weight is 501 g/mol. The second kappa shape index (κ2) is 11.0. The van der Waals surface area contributed by atoms with Crippen molar-refractivity contribution in [2.24, 2.45) is 0 Å². The largest absolute Gasteiger partial charge is 0.495 e. The number of aryl methyl sites for hydroxylation is 1. The first-order valence-electron chi connectivity index (χ1n) is 11.4. The summed E-state index contributed by atoms with van der Waals surface area (Å²) in [6.07, 6.45) is 4.38. The monoisotopic (exact) mass is 500 g/mol. The molecule has 0 aromatic heterocycles. The van der Waals surface area contributed by atoms with Crippen LogP contribution in [0.5, 0.6) is 5.75 Å². The van der Waals surface area contributed by atoms with Gasteiger partial charge in [-0.15, -0.1) is 0 Å². The van der Waals surface area contributed by atoms with E-state index in [4.69, 9.17) is 14.2 Å². The quantitative estimate of drug-likeness (QED) is 0.424. The molecule has 0 radical (unpaired) electrons. The number of benzene rings is 2. The van der Waals surface area contributed by atoms with E-state index in [0.717, 1.165) is 24.1 Å². The maximum Gasteiger partial charge on any atom is 0.331 e. The Hall–Kier alpha value is -3.21. The van der Waals surface area contributed by atoms with Gasteiger partial charge in [-0.05, 0) is 48.2 Å². The van der Waals surface area contributed by atoms with Crippen molar-refractivity contribution in [3.63, 3.8) is 0 Å². The SMILES string of the molecule is COc1ccc(/C=C/C(=O)OCC(=O)N2CCCc3ccccc32)cc1S(=O)(=O)N1CCOCC1. The van der Waals surface area contributed by atoms with Crippen molar-refractivity contribution < 1.29 is 32.2 Å². The van der Waals surface area contributed by atoms with Gasteiger partial charge in [0.25, 0.3) is 5.91 Å². The number of fused-ring (bicyclic) bond motifs is 1. The first-order valence-corrected chi connectivity index (χ1v) is 12.8. The van der Waals surface area contributed by atoms with Crippen molar-refractivity contribution >= 4 is 33.7 Å². The number of carbonyl (C=O) groups excluding carboxylic acids is 2. The van der Waals surface area contributed by atoms with E-state index < -0.39 is 16.0 Å². The first-order chi connectivity index (χ1) is 16.9. The Labute approximate surface area is 204 Å². The van der Waals surface area contributed by atoms with Crippen molar-refractivity contribution in [2.45, 2.75) is 17.7 Å². The lowest BCUT2D eigenvalue weighted by atomic mass is 10.0. The van der Waals surface area contributed by atoms with Crippen LogP contribution in [0.1, 0.15) is 17.5 Å². The number of esters is 1. The van der Waals surface area contributed by atoms with Crippen LogP contribution in [0.15, 0.2) is 53.4 Å². The van der Waals surface area contributed by atoms with Crippen LogP contribution in [0.4, 0.5) is 5.69 Å². The Morgan fingerprint density at radius 3 is 2.63 bits per heavy atom. The van der Waals surface area contributed by atoms with Crippen molar-refractivity contribution in [3.8, 4) is 5.75 Å². The van der Waals surface area contributed by atoms with Crippen LogP contribution in [0.25, 0.3) is 6.08 Å². The summed E-state index contributed by atoms with van der Waals surface area (Å²) in [5.41, 5.74) is 2.43. The molecule has 1 amide bonds. The molecule has 2 aliphatic rings. The summed E-state index contributed by atoms with van der Waals surface area (Å²) < 4.78 is 43.2. The van der Waals surface area contributed by atoms with Crippen LogP contribution in [-0.4, -0.2) is 71.2 Å². The molecule has 2 aromatic rings. The molecule has 2 aliphatic heterocycles. The predicted octanol–water partition coefficient (Wildman–Crippen LogP) is 2.25. The van der Waals surface area contributed by atoms with Crippen LogP contribution in [-0.2, 0) is 35.5 Å². The minimum atomic E-state index is -3.80. The molecule has 0 aliphatic carbocycles. The van der Waals surface area contributed by atoms with Crippen molar-refractivity contribution in [3.05, 3.63) is 59.7 Å². The zero-order chi connectivity index (χ0) is 24.8. The normalized spacial score (nSPS) is 16.7. The smallest absolute Gasteiger partial charge is 0.331 e. The Morgan fingerprint density at radius 2 is 1.86 bits per heavy atom. The first kappa shape index (κ1) is 24.9. The maximum atomic E-state index is 13.1. The summed E-state index contributed by atoms with van der Waals surface area (Å²) >= 11 is 0. The molecule has 1 fully saturated rings. The van der Waals surface area contributed by atoms with Gasteiger partial charge in [-0.2, -0.15) is 4.31 Å². The van der Waals surface area contributed by atoms with Crippen LogP contribution in [0.2, 0.25) is 0 Å². The Bertz CT molecular complexity index is 1220. The van der Waals surface area contributed by atoms with Crippen molar-refractivity contribution in [2.75, 3.05) is 51.5 Å². The molecule has 35 heavy (non-hydrogen) atoms. The van der Waals surface area contributed by atoms with E-state index in [1.807, 2.05) is 24.3 Å². The van der Waals surface area contributed by atoms with Crippen LogP contribution < -0.4 is 9.64 Å². The molecule has 9 nitrogen and oxygen atoms in total. The van der Waals surface area contributed by atoms with Gasteiger partial charge in [-0.1, -0.05) is 24.3 Å². The summed E-state index contributed by atoms with van der Waals surface area (Å²) in [5, 5.41) is 0. The minimum Gasteiger partial charge on any atom is -0.495 e. The lowest BCUT2D eigenvalue weighted by molar-refractivity contribution is -0.142. The standard InChI is InChI=1S/C25H28N2O7S/c1-32-22-10-8-19(17-23(22)35(30,31)26-13-15-33-16-14-26)9-11-25(29)34-18-24(28)27-12-4-6-20-5-2-3-7-21(20)27/h2-3,5,7-11,17H,4,6,12-16,18H2,1H3/b11-9+. The third-order valence-electron chi connectivity index (χ3n) is 5.94. The number of amides is 1. The number of hydrogen-bond donors (Lipinski definition) is 0. The number of anilines is 1. The van der Waals surface area contributed by atoms with Crippen LogP contribution >= 0.6 is 0 Å². The van der Waals surface area contributed by atoms with Crippen LogP contribution in [0, 0.1) is 0 Å². The zero-order valence-corrected chi connectivity index (χ0v) is 20.3. The van der Waals surface area contributed by atoms with Crippen molar-refractivity contribution in [1.29, 1.82) is 0 Å². The number of hydrogen-bond acceptors (Lipinski definition) is 7. The summed E-state index contributed by atoms with van der Waals surface area (Å²) in [5.74, 6) is -0.775. The van der Waals surface area contributed by atoms with Crippen molar-refractivity contribution in [1.82, 2.24) is 4.31 Å². The van der Waals surface area contributed by atoms with E-state index in [1.165, 1.54) is 35.7 Å². The summed E-state index contributed by atoms with van der Waals surface area (Å²) in [6.45, 7) is 1.37. The second-order valence-corrected chi connectivity index (χ2v) is 10.1.